The predicted molar refractivity (Wildman–Crippen MR) is 55.1 cm³/mol. The smallest absolute Gasteiger partial charge is 0.282 e. The molecule has 0 amide bonds. The number of aromatic nitrogens is 2. The number of nitrogens with zero attached hydrogens (tertiary/aromatic N) is 2. The summed E-state index contributed by atoms with van der Waals surface area (Å²) in [6, 6.07) is 0. The van der Waals surface area contributed by atoms with Crippen molar-refractivity contribution in [3.63, 3.8) is 0 Å². The first-order chi connectivity index (χ1) is 5.90. The van der Waals surface area contributed by atoms with Crippen LogP contribution in [0.3, 0.4) is 0 Å². The van der Waals surface area contributed by atoms with E-state index in [1.807, 2.05) is 0 Å². The highest BCUT2D eigenvalue weighted by molar-refractivity contribution is 8.00. The highest BCUT2D eigenvalue weighted by atomic mass is 32.2. The van der Waals surface area contributed by atoms with E-state index < -0.39 is 0 Å². The molecule has 1 aromatic rings. The van der Waals surface area contributed by atoms with Crippen molar-refractivity contribution in [2.45, 2.75) is 30.5 Å². The fraction of sp³-hybridized carbons (Fsp3) is 0.556. The van der Waals surface area contributed by atoms with Gasteiger partial charge in [-0.2, -0.15) is 0 Å². The van der Waals surface area contributed by atoms with E-state index in [2.05, 4.69) is 25.8 Å². The molecule has 0 aliphatic carbocycles. The molecule has 0 atom stereocenters. The minimum atomic E-state index is -0.0255. The van der Waals surface area contributed by atoms with Crippen LogP contribution in [0.1, 0.15) is 20.8 Å². The van der Waals surface area contributed by atoms with Gasteiger partial charge in [0.15, 0.2) is 5.03 Å². The Bertz CT molecular complexity index is 351. The Labute approximate surface area is 82.2 Å². The van der Waals surface area contributed by atoms with Gasteiger partial charge in [-0.05, 0) is 0 Å². The summed E-state index contributed by atoms with van der Waals surface area (Å²) in [7, 11) is 1.73. The molecule has 4 heteroatoms. The maximum absolute atomic E-state index is 11.5. The lowest BCUT2D eigenvalue weighted by atomic mass is 10.3. The number of hydrogen-bond acceptors (Lipinski definition) is 3. The standard InChI is InChI=1S/C9H14N2OS/c1-9(2,3)13-7-8(12)11(4)6-5-10-7/h5-6H,1-4H3. The summed E-state index contributed by atoms with van der Waals surface area (Å²) in [5, 5.41) is 0.567. The van der Waals surface area contributed by atoms with E-state index >= 15 is 0 Å². The van der Waals surface area contributed by atoms with E-state index in [-0.39, 0.29) is 10.3 Å². The Kier molecular flexibility index (Phi) is 2.81. The molecule has 0 aliphatic rings. The Hall–Kier alpha value is -0.770. The second kappa shape index (κ2) is 3.54. The third-order valence-electron chi connectivity index (χ3n) is 1.39. The maximum atomic E-state index is 11.5. The number of thioether (sulfide) groups is 1. The van der Waals surface area contributed by atoms with Crippen molar-refractivity contribution in [3.05, 3.63) is 22.7 Å². The molecule has 0 bridgehead atoms. The molecular formula is C9H14N2OS. The van der Waals surface area contributed by atoms with E-state index in [1.54, 1.807) is 24.0 Å². The lowest BCUT2D eigenvalue weighted by Gasteiger charge is -2.16. The van der Waals surface area contributed by atoms with Crippen LogP contribution in [0.15, 0.2) is 22.2 Å². The monoisotopic (exact) mass is 198 g/mol. The lowest BCUT2D eigenvalue weighted by molar-refractivity contribution is 0.769. The van der Waals surface area contributed by atoms with Gasteiger partial charge < -0.3 is 4.57 Å². The van der Waals surface area contributed by atoms with Crippen molar-refractivity contribution in [3.8, 4) is 0 Å². The van der Waals surface area contributed by atoms with E-state index in [1.165, 1.54) is 11.8 Å². The summed E-state index contributed by atoms with van der Waals surface area (Å²) in [6.07, 6.45) is 3.31. The van der Waals surface area contributed by atoms with Crippen molar-refractivity contribution in [2.24, 2.45) is 7.05 Å². The van der Waals surface area contributed by atoms with Crippen molar-refractivity contribution in [2.75, 3.05) is 0 Å². The third kappa shape index (κ3) is 2.88. The van der Waals surface area contributed by atoms with Crippen LogP contribution in [-0.4, -0.2) is 14.3 Å². The zero-order chi connectivity index (χ0) is 10.1. The number of hydrogen-bond donors (Lipinski definition) is 0. The molecule has 3 nitrogen and oxygen atoms in total. The molecule has 0 unspecified atom stereocenters. The van der Waals surface area contributed by atoms with Gasteiger partial charge in [0, 0.05) is 24.2 Å². The van der Waals surface area contributed by atoms with Crippen molar-refractivity contribution >= 4 is 11.8 Å². The summed E-state index contributed by atoms with van der Waals surface area (Å²) >= 11 is 1.50. The Balaban J connectivity index is 3.03. The molecule has 0 saturated heterocycles. The molecule has 0 fully saturated rings. The topological polar surface area (TPSA) is 34.9 Å². The van der Waals surface area contributed by atoms with Crippen LogP contribution < -0.4 is 5.56 Å². The van der Waals surface area contributed by atoms with Gasteiger partial charge in [0.1, 0.15) is 0 Å². The minimum absolute atomic E-state index is 0.0255. The van der Waals surface area contributed by atoms with Crippen LogP contribution in [0.2, 0.25) is 0 Å². The Morgan fingerprint density at radius 3 is 2.62 bits per heavy atom. The van der Waals surface area contributed by atoms with Crippen LogP contribution >= 0.6 is 11.8 Å². The van der Waals surface area contributed by atoms with Gasteiger partial charge in [-0.3, -0.25) is 4.79 Å². The van der Waals surface area contributed by atoms with Gasteiger partial charge >= 0.3 is 0 Å². The van der Waals surface area contributed by atoms with E-state index in [4.69, 9.17) is 0 Å². The first-order valence-electron chi connectivity index (χ1n) is 4.11. The fourth-order valence-electron chi connectivity index (χ4n) is 0.835. The zero-order valence-electron chi connectivity index (χ0n) is 8.37. The summed E-state index contributed by atoms with van der Waals surface area (Å²) in [5.74, 6) is 0. The third-order valence-corrected chi connectivity index (χ3v) is 2.47. The highest BCUT2D eigenvalue weighted by Gasteiger charge is 2.15. The van der Waals surface area contributed by atoms with Crippen LogP contribution in [0, 0.1) is 0 Å². The molecule has 13 heavy (non-hydrogen) atoms. The van der Waals surface area contributed by atoms with Gasteiger partial charge in [-0.1, -0.05) is 32.5 Å². The molecule has 0 aromatic carbocycles. The highest BCUT2D eigenvalue weighted by Crippen LogP contribution is 2.27. The average molecular weight is 198 g/mol. The van der Waals surface area contributed by atoms with E-state index in [0.29, 0.717) is 5.03 Å². The first-order valence-corrected chi connectivity index (χ1v) is 4.92. The average Bonchev–Trinajstić information content (AvgIpc) is 1.96. The molecule has 72 valence electrons. The largest absolute Gasteiger partial charge is 0.315 e. The van der Waals surface area contributed by atoms with Crippen LogP contribution in [0.5, 0.6) is 0 Å². The van der Waals surface area contributed by atoms with Crippen molar-refractivity contribution in [1.29, 1.82) is 0 Å². The van der Waals surface area contributed by atoms with E-state index in [0.717, 1.165) is 0 Å². The van der Waals surface area contributed by atoms with Gasteiger partial charge in [0.2, 0.25) is 0 Å². The lowest BCUT2D eigenvalue weighted by Crippen LogP contribution is -2.21. The Morgan fingerprint density at radius 1 is 1.46 bits per heavy atom. The van der Waals surface area contributed by atoms with Gasteiger partial charge in [0.25, 0.3) is 5.56 Å². The first kappa shape index (κ1) is 10.3. The van der Waals surface area contributed by atoms with Gasteiger partial charge in [0.05, 0.1) is 0 Å². The second-order valence-electron chi connectivity index (χ2n) is 3.86. The second-order valence-corrected chi connectivity index (χ2v) is 5.68. The molecule has 0 N–H and O–H groups in total. The molecule has 0 aliphatic heterocycles. The molecule has 1 aromatic heterocycles. The van der Waals surface area contributed by atoms with Crippen molar-refractivity contribution in [1.82, 2.24) is 9.55 Å². The van der Waals surface area contributed by atoms with Crippen LogP contribution in [0.25, 0.3) is 0 Å². The quantitative estimate of drug-likeness (QED) is 0.644. The Morgan fingerprint density at radius 2 is 2.08 bits per heavy atom. The normalized spacial score (nSPS) is 11.7. The van der Waals surface area contributed by atoms with E-state index in [9.17, 15) is 4.79 Å². The van der Waals surface area contributed by atoms with Gasteiger partial charge in [-0.15, -0.1) is 0 Å². The molecule has 0 saturated carbocycles. The summed E-state index contributed by atoms with van der Waals surface area (Å²) in [6.45, 7) is 6.18. The van der Waals surface area contributed by atoms with Gasteiger partial charge in [-0.25, -0.2) is 4.98 Å². The predicted octanol–water partition coefficient (Wildman–Crippen LogP) is 1.67. The SMILES string of the molecule is Cn1ccnc(SC(C)(C)C)c1=O. The molecular weight excluding hydrogens is 184 g/mol. The van der Waals surface area contributed by atoms with Crippen molar-refractivity contribution < 1.29 is 0 Å². The number of rotatable bonds is 1. The molecule has 0 spiro atoms. The fourth-order valence-corrected chi connectivity index (χ4v) is 1.76. The molecule has 0 radical (unpaired) electrons. The zero-order valence-corrected chi connectivity index (χ0v) is 9.18. The maximum Gasteiger partial charge on any atom is 0.282 e. The molecule has 1 rings (SSSR count). The minimum Gasteiger partial charge on any atom is -0.315 e. The van der Waals surface area contributed by atoms with Crippen LogP contribution in [0.4, 0.5) is 0 Å². The van der Waals surface area contributed by atoms with Crippen LogP contribution in [-0.2, 0) is 7.05 Å². The summed E-state index contributed by atoms with van der Waals surface area (Å²) in [4.78, 5) is 15.6. The molecule has 1 heterocycles. The summed E-state index contributed by atoms with van der Waals surface area (Å²) < 4.78 is 1.57. The summed E-state index contributed by atoms with van der Waals surface area (Å²) in [5.41, 5.74) is -0.0255. The number of aryl methyl sites for hydroxylation is 1.